The summed E-state index contributed by atoms with van der Waals surface area (Å²) in [6, 6.07) is 11.8. The zero-order valence-electron chi connectivity index (χ0n) is 17.0. The van der Waals surface area contributed by atoms with E-state index in [-0.39, 0.29) is 23.7 Å². The molecule has 9 nitrogen and oxygen atoms in total. The highest BCUT2D eigenvalue weighted by atomic mass is 19.1. The highest BCUT2D eigenvalue weighted by Crippen LogP contribution is 2.25. The Morgan fingerprint density at radius 2 is 2.03 bits per heavy atom. The molecule has 0 aliphatic carbocycles. The number of rotatable bonds is 7. The third-order valence-electron chi connectivity index (χ3n) is 5.54. The van der Waals surface area contributed by atoms with Crippen molar-refractivity contribution in [3.8, 4) is 0 Å². The molecular formula is C21H23FN6O3. The van der Waals surface area contributed by atoms with E-state index in [1.54, 1.807) is 42.3 Å². The maximum Gasteiger partial charge on any atom is 0.376 e. The minimum absolute atomic E-state index is 0.0721. The summed E-state index contributed by atoms with van der Waals surface area (Å²) < 4.78 is 14.3. The molecule has 2 unspecified atom stereocenters. The lowest BCUT2D eigenvalue weighted by molar-refractivity contribution is -0.385. The standard InChI is InChI=1S/C21H23FN6O3/c1-26(20-19(28(30)31)21(29)27-12-3-2-6-18(27)23-20)11-4-5-16-13-17(25-24-16)14-7-9-15(22)10-8-14/h2-3,6-10,12,16-17,24-25H,4-5,11,13H2,1H3. The first-order chi connectivity index (χ1) is 14.9. The SMILES string of the molecule is CN(CCCC1CC(c2ccc(F)cc2)NN1)c1nc2ccccn2c(=O)c1[N+](=O)[O-]. The molecule has 2 atom stereocenters. The molecule has 3 aromatic rings. The summed E-state index contributed by atoms with van der Waals surface area (Å²) in [4.78, 5) is 29.5. The van der Waals surface area contributed by atoms with Gasteiger partial charge in [0.15, 0.2) is 0 Å². The van der Waals surface area contributed by atoms with Crippen molar-refractivity contribution in [1.82, 2.24) is 20.2 Å². The molecule has 31 heavy (non-hydrogen) atoms. The summed E-state index contributed by atoms with van der Waals surface area (Å²) in [6.45, 7) is 0.510. The predicted octanol–water partition coefficient (Wildman–Crippen LogP) is 2.57. The Hall–Kier alpha value is -3.37. The molecule has 2 aromatic heterocycles. The van der Waals surface area contributed by atoms with Gasteiger partial charge in [-0.05, 0) is 49.1 Å². The van der Waals surface area contributed by atoms with Gasteiger partial charge in [-0.15, -0.1) is 0 Å². The van der Waals surface area contributed by atoms with Crippen LogP contribution < -0.4 is 21.3 Å². The maximum atomic E-state index is 13.1. The number of nitrogens with zero attached hydrogens (tertiary/aromatic N) is 4. The average molecular weight is 426 g/mol. The molecule has 1 aliphatic rings. The molecule has 1 fully saturated rings. The number of hydrogen-bond donors (Lipinski definition) is 2. The summed E-state index contributed by atoms with van der Waals surface area (Å²) in [6.07, 6.45) is 3.90. The van der Waals surface area contributed by atoms with E-state index >= 15 is 0 Å². The molecule has 0 bridgehead atoms. The largest absolute Gasteiger partial charge is 0.376 e. The smallest absolute Gasteiger partial charge is 0.354 e. The van der Waals surface area contributed by atoms with Crippen molar-refractivity contribution in [2.24, 2.45) is 0 Å². The summed E-state index contributed by atoms with van der Waals surface area (Å²) in [7, 11) is 1.70. The van der Waals surface area contributed by atoms with Crippen molar-refractivity contribution in [2.45, 2.75) is 31.3 Å². The minimum Gasteiger partial charge on any atom is -0.354 e. The molecule has 0 radical (unpaired) electrons. The minimum atomic E-state index is -0.693. The second-order valence-electron chi connectivity index (χ2n) is 7.66. The van der Waals surface area contributed by atoms with Crippen LogP contribution >= 0.6 is 0 Å². The van der Waals surface area contributed by atoms with Gasteiger partial charge in [0.1, 0.15) is 11.5 Å². The second kappa shape index (κ2) is 8.78. The van der Waals surface area contributed by atoms with E-state index in [2.05, 4.69) is 15.8 Å². The molecule has 2 N–H and O–H groups in total. The van der Waals surface area contributed by atoms with Crippen LogP contribution in [0, 0.1) is 15.9 Å². The van der Waals surface area contributed by atoms with E-state index in [9.17, 15) is 19.3 Å². The molecular weight excluding hydrogens is 403 g/mol. The molecule has 3 heterocycles. The number of hydrogen-bond acceptors (Lipinski definition) is 7. The Morgan fingerprint density at radius 1 is 1.26 bits per heavy atom. The van der Waals surface area contributed by atoms with Crippen LogP contribution in [0.4, 0.5) is 15.9 Å². The number of halogens is 1. The van der Waals surface area contributed by atoms with Gasteiger partial charge >= 0.3 is 11.2 Å². The zero-order chi connectivity index (χ0) is 22.0. The van der Waals surface area contributed by atoms with Gasteiger partial charge in [0.2, 0.25) is 5.82 Å². The third-order valence-corrected chi connectivity index (χ3v) is 5.54. The van der Waals surface area contributed by atoms with E-state index in [0.717, 1.165) is 24.8 Å². The zero-order valence-corrected chi connectivity index (χ0v) is 17.0. The number of nitrogens with one attached hydrogen (secondary N) is 2. The van der Waals surface area contributed by atoms with E-state index in [4.69, 9.17) is 0 Å². The highest BCUT2D eigenvalue weighted by molar-refractivity contribution is 5.61. The van der Waals surface area contributed by atoms with Gasteiger partial charge in [0.25, 0.3) is 0 Å². The van der Waals surface area contributed by atoms with E-state index < -0.39 is 16.2 Å². The van der Waals surface area contributed by atoms with Crippen LogP contribution in [0.15, 0.2) is 53.5 Å². The van der Waals surface area contributed by atoms with Gasteiger partial charge in [-0.2, -0.15) is 0 Å². The number of anilines is 1. The Balaban J connectivity index is 1.40. The van der Waals surface area contributed by atoms with Gasteiger partial charge in [-0.1, -0.05) is 18.2 Å². The average Bonchev–Trinajstić information content (AvgIpc) is 3.22. The topological polar surface area (TPSA) is 105 Å². The molecule has 10 heteroatoms. The fraction of sp³-hybridized carbons (Fsp3) is 0.333. The molecule has 1 saturated heterocycles. The first kappa shape index (κ1) is 20.9. The maximum absolute atomic E-state index is 13.1. The Kier molecular flexibility index (Phi) is 5.92. The van der Waals surface area contributed by atoms with E-state index in [0.29, 0.717) is 12.2 Å². The molecule has 0 amide bonds. The fourth-order valence-electron chi connectivity index (χ4n) is 3.90. The van der Waals surface area contributed by atoms with Crippen LogP contribution in [-0.4, -0.2) is 33.9 Å². The molecule has 4 rings (SSSR count). The second-order valence-corrected chi connectivity index (χ2v) is 7.66. The van der Waals surface area contributed by atoms with Crippen molar-refractivity contribution >= 4 is 17.2 Å². The number of fused-ring (bicyclic) bond motifs is 1. The number of benzene rings is 1. The van der Waals surface area contributed by atoms with Crippen molar-refractivity contribution in [2.75, 3.05) is 18.5 Å². The lowest BCUT2D eigenvalue weighted by atomic mass is 9.99. The Labute approximate surface area is 177 Å². The van der Waals surface area contributed by atoms with Crippen LogP contribution in [0.5, 0.6) is 0 Å². The van der Waals surface area contributed by atoms with Gasteiger partial charge in [-0.25, -0.2) is 9.37 Å². The normalized spacial score (nSPS) is 18.4. The predicted molar refractivity (Wildman–Crippen MR) is 114 cm³/mol. The monoisotopic (exact) mass is 426 g/mol. The van der Waals surface area contributed by atoms with Crippen molar-refractivity contribution in [1.29, 1.82) is 0 Å². The van der Waals surface area contributed by atoms with Crippen LogP contribution in [0.3, 0.4) is 0 Å². The van der Waals surface area contributed by atoms with Crippen LogP contribution in [-0.2, 0) is 0 Å². The first-order valence-electron chi connectivity index (χ1n) is 10.1. The third kappa shape index (κ3) is 4.39. The summed E-state index contributed by atoms with van der Waals surface area (Å²) in [5.41, 5.74) is 6.65. The molecule has 162 valence electrons. The van der Waals surface area contributed by atoms with Crippen molar-refractivity contribution < 1.29 is 9.31 Å². The van der Waals surface area contributed by atoms with Crippen LogP contribution in [0.1, 0.15) is 30.9 Å². The van der Waals surface area contributed by atoms with Crippen molar-refractivity contribution in [3.05, 3.63) is 80.5 Å². The summed E-state index contributed by atoms with van der Waals surface area (Å²) in [5, 5.41) is 11.5. The molecule has 1 aromatic carbocycles. The van der Waals surface area contributed by atoms with Crippen LogP contribution in [0.2, 0.25) is 0 Å². The first-order valence-corrected chi connectivity index (χ1v) is 10.1. The molecule has 1 aliphatic heterocycles. The molecule has 0 spiro atoms. The number of hydrazine groups is 1. The summed E-state index contributed by atoms with van der Waals surface area (Å²) in [5.74, 6) is -0.187. The highest BCUT2D eigenvalue weighted by Gasteiger charge is 2.27. The molecule has 0 saturated carbocycles. The van der Waals surface area contributed by atoms with Crippen molar-refractivity contribution in [3.63, 3.8) is 0 Å². The summed E-state index contributed by atoms with van der Waals surface area (Å²) >= 11 is 0. The number of nitro groups is 1. The number of pyridine rings is 1. The van der Waals surface area contributed by atoms with Gasteiger partial charge in [0, 0.05) is 31.9 Å². The van der Waals surface area contributed by atoms with Gasteiger partial charge < -0.3 is 4.90 Å². The fourth-order valence-corrected chi connectivity index (χ4v) is 3.90. The van der Waals surface area contributed by atoms with Gasteiger partial charge in [0.05, 0.1) is 4.92 Å². The quantitative estimate of drug-likeness (QED) is 0.442. The lowest BCUT2D eigenvalue weighted by Crippen LogP contribution is -2.32. The van der Waals surface area contributed by atoms with E-state index in [1.165, 1.54) is 22.7 Å². The lowest BCUT2D eigenvalue weighted by Gasteiger charge is -2.19. The van der Waals surface area contributed by atoms with Gasteiger partial charge in [-0.3, -0.25) is 30.2 Å². The number of aromatic nitrogens is 2. The van der Waals surface area contributed by atoms with E-state index in [1.807, 2.05) is 0 Å². The Morgan fingerprint density at radius 3 is 2.77 bits per heavy atom. The Bertz CT molecular complexity index is 1150. The van der Waals surface area contributed by atoms with Crippen LogP contribution in [0.25, 0.3) is 5.65 Å².